The van der Waals surface area contributed by atoms with Crippen molar-refractivity contribution in [2.75, 3.05) is 0 Å². The summed E-state index contributed by atoms with van der Waals surface area (Å²) in [4.78, 5) is 8.25. The molecule has 1 aliphatic rings. The van der Waals surface area contributed by atoms with Gasteiger partial charge in [-0.05, 0) is 32.1 Å². The lowest BCUT2D eigenvalue weighted by molar-refractivity contribution is -0.496. The van der Waals surface area contributed by atoms with Gasteiger partial charge >= 0.3 is 0 Å². The molecule has 0 heterocycles. The second kappa shape index (κ2) is 4.55. The van der Waals surface area contributed by atoms with Crippen LogP contribution in [0.25, 0.3) is 0 Å². The fraction of sp³-hybridized carbons (Fsp3) is 1.00. The summed E-state index contributed by atoms with van der Waals surface area (Å²) in [5.74, 6) is -1.39. The van der Waals surface area contributed by atoms with Crippen molar-refractivity contribution in [2.45, 2.75) is 45.0 Å². The molecular weight excluding hydrogens is 188 g/mol. The van der Waals surface area contributed by atoms with Crippen molar-refractivity contribution in [1.82, 2.24) is 0 Å². The average Bonchev–Trinajstić information content (AvgIpc) is 2.21. The number of hydrogen-bond acceptors (Lipinski definition) is 5. The van der Waals surface area contributed by atoms with Crippen molar-refractivity contribution < 1.29 is 25.4 Å². The maximum Gasteiger partial charge on any atom is 0.233 e. The Labute approximate surface area is 83.1 Å². The quantitative estimate of drug-likeness (QED) is 0.370. The second-order valence-corrected chi connectivity index (χ2v) is 4.25. The smallest absolute Gasteiger partial charge is 0.233 e. The third-order valence-corrected chi connectivity index (χ3v) is 3.26. The zero-order chi connectivity index (χ0) is 10.8. The van der Waals surface area contributed by atoms with Gasteiger partial charge in [0.2, 0.25) is 5.79 Å². The fourth-order valence-electron chi connectivity index (χ4n) is 1.94. The predicted octanol–water partition coefficient (Wildman–Crippen LogP) is 1.48. The summed E-state index contributed by atoms with van der Waals surface area (Å²) in [5, 5.41) is 26.9. The first-order valence-electron chi connectivity index (χ1n) is 4.86. The van der Waals surface area contributed by atoms with Crippen LogP contribution in [-0.2, 0) is 9.78 Å². The second-order valence-electron chi connectivity index (χ2n) is 4.25. The van der Waals surface area contributed by atoms with Gasteiger partial charge < -0.3 is 5.11 Å². The monoisotopic (exact) mass is 206 g/mol. The first-order chi connectivity index (χ1) is 6.53. The molecule has 0 aromatic heterocycles. The van der Waals surface area contributed by atoms with Gasteiger partial charge in [-0.2, -0.15) is 0 Å². The van der Waals surface area contributed by atoms with Gasteiger partial charge in [0.1, 0.15) is 0 Å². The summed E-state index contributed by atoms with van der Waals surface area (Å²) in [7, 11) is 0. The van der Waals surface area contributed by atoms with E-state index in [1.165, 1.54) is 6.92 Å². The normalized spacial score (nSPS) is 34.5. The van der Waals surface area contributed by atoms with Crippen molar-refractivity contribution in [3.63, 3.8) is 0 Å². The molecule has 0 radical (unpaired) electrons. The van der Waals surface area contributed by atoms with Gasteiger partial charge in [0.25, 0.3) is 0 Å². The highest BCUT2D eigenvalue weighted by Crippen LogP contribution is 2.37. The minimum Gasteiger partial charge on any atom is -0.393 e. The van der Waals surface area contributed by atoms with Gasteiger partial charge in [-0.25, -0.2) is 20.3 Å². The molecule has 0 bridgehead atoms. The Morgan fingerprint density at radius 1 is 1.21 bits per heavy atom. The predicted molar refractivity (Wildman–Crippen MR) is 48.3 cm³/mol. The van der Waals surface area contributed by atoms with Crippen LogP contribution in [0.2, 0.25) is 0 Å². The molecule has 3 N–H and O–H groups in total. The Morgan fingerprint density at radius 2 is 1.79 bits per heavy atom. The van der Waals surface area contributed by atoms with E-state index >= 15 is 0 Å². The van der Waals surface area contributed by atoms with Crippen molar-refractivity contribution in [2.24, 2.45) is 11.8 Å². The van der Waals surface area contributed by atoms with E-state index in [4.69, 9.17) is 10.5 Å². The molecule has 1 rings (SSSR count). The van der Waals surface area contributed by atoms with E-state index in [9.17, 15) is 5.11 Å². The van der Waals surface area contributed by atoms with Crippen LogP contribution in [-0.4, -0.2) is 27.5 Å². The lowest BCUT2D eigenvalue weighted by atomic mass is 9.77. The van der Waals surface area contributed by atoms with Gasteiger partial charge in [0.05, 0.1) is 6.10 Å². The number of aliphatic hydroxyl groups excluding tert-OH is 1. The maximum absolute atomic E-state index is 9.63. The standard InChI is InChI=1S/C9H18O5/c1-6-3-4-7(5-8(6)10)9(2,13-11)14-12/h6-8,10-12H,3-5H2,1-2H3/t6-,7-,8-/m1/s1. The van der Waals surface area contributed by atoms with E-state index in [1.54, 1.807) is 0 Å². The molecule has 84 valence electrons. The highest BCUT2D eigenvalue weighted by molar-refractivity contribution is 4.83. The molecule has 5 nitrogen and oxygen atoms in total. The third-order valence-electron chi connectivity index (χ3n) is 3.26. The Bertz CT molecular complexity index is 180. The van der Waals surface area contributed by atoms with Crippen molar-refractivity contribution in [3.8, 4) is 0 Å². The van der Waals surface area contributed by atoms with Crippen LogP contribution in [0.15, 0.2) is 0 Å². The minimum atomic E-state index is -1.43. The van der Waals surface area contributed by atoms with Crippen molar-refractivity contribution in [1.29, 1.82) is 0 Å². The van der Waals surface area contributed by atoms with Crippen LogP contribution in [0, 0.1) is 11.8 Å². The van der Waals surface area contributed by atoms with E-state index in [0.717, 1.165) is 12.8 Å². The van der Waals surface area contributed by atoms with E-state index in [0.29, 0.717) is 6.42 Å². The minimum absolute atomic E-state index is 0.205. The Kier molecular flexibility index (Phi) is 3.86. The zero-order valence-electron chi connectivity index (χ0n) is 8.51. The summed E-state index contributed by atoms with van der Waals surface area (Å²) in [5.41, 5.74) is 0. The van der Waals surface area contributed by atoms with Crippen LogP contribution >= 0.6 is 0 Å². The third kappa shape index (κ3) is 2.24. The van der Waals surface area contributed by atoms with Gasteiger partial charge in [-0.3, -0.25) is 0 Å². The molecule has 0 spiro atoms. The molecule has 0 saturated heterocycles. The van der Waals surface area contributed by atoms with E-state index < -0.39 is 11.9 Å². The Balaban J connectivity index is 2.61. The molecule has 0 amide bonds. The molecule has 1 fully saturated rings. The number of rotatable bonds is 3. The first kappa shape index (κ1) is 11.9. The number of aliphatic hydroxyl groups is 1. The van der Waals surface area contributed by atoms with Gasteiger partial charge in [0.15, 0.2) is 0 Å². The average molecular weight is 206 g/mol. The molecule has 0 unspecified atom stereocenters. The molecule has 5 heteroatoms. The molecule has 0 aromatic rings. The topological polar surface area (TPSA) is 79.2 Å². The van der Waals surface area contributed by atoms with Crippen LogP contribution in [0.3, 0.4) is 0 Å². The first-order valence-corrected chi connectivity index (χ1v) is 4.86. The van der Waals surface area contributed by atoms with Gasteiger partial charge in [0, 0.05) is 5.92 Å². The summed E-state index contributed by atoms with van der Waals surface area (Å²) in [6, 6.07) is 0. The molecule has 0 aromatic carbocycles. The fourth-order valence-corrected chi connectivity index (χ4v) is 1.94. The van der Waals surface area contributed by atoms with Crippen LogP contribution < -0.4 is 0 Å². The molecule has 0 aliphatic heterocycles. The van der Waals surface area contributed by atoms with Gasteiger partial charge in [-0.1, -0.05) is 6.92 Å². The zero-order valence-corrected chi connectivity index (χ0v) is 8.51. The summed E-state index contributed by atoms with van der Waals surface area (Å²) in [6.07, 6.45) is 1.60. The lowest BCUT2D eigenvalue weighted by Gasteiger charge is -2.38. The Hall–Kier alpha value is -0.200. The largest absolute Gasteiger partial charge is 0.393 e. The van der Waals surface area contributed by atoms with E-state index in [2.05, 4.69) is 9.78 Å². The lowest BCUT2D eigenvalue weighted by Crippen LogP contribution is -2.44. The van der Waals surface area contributed by atoms with Crippen molar-refractivity contribution in [3.05, 3.63) is 0 Å². The van der Waals surface area contributed by atoms with E-state index in [1.807, 2.05) is 6.92 Å². The van der Waals surface area contributed by atoms with Gasteiger partial charge in [-0.15, -0.1) is 0 Å². The Morgan fingerprint density at radius 3 is 2.21 bits per heavy atom. The SMILES string of the molecule is C[C@@H]1CC[C@@H](C(C)(OO)OO)C[C@H]1O. The van der Waals surface area contributed by atoms with Crippen LogP contribution in [0.5, 0.6) is 0 Å². The maximum atomic E-state index is 9.63. The van der Waals surface area contributed by atoms with E-state index in [-0.39, 0.29) is 11.8 Å². The highest BCUT2D eigenvalue weighted by atomic mass is 17.2. The van der Waals surface area contributed by atoms with Crippen LogP contribution in [0.1, 0.15) is 33.1 Å². The molecule has 1 saturated carbocycles. The summed E-state index contributed by atoms with van der Waals surface area (Å²) < 4.78 is 0. The highest BCUT2D eigenvalue weighted by Gasteiger charge is 2.42. The molecule has 14 heavy (non-hydrogen) atoms. The van der Waals surface area contributed by atoms with Crippen molar-refractivity contribution >= 4 is 0 Å². The molecular formula is C9H18O5. The summed E-state index contributed by atoms with van der Waals surface area (Å²) >= 11 is 0. The number of hydrogen-bond donors (Lipinski definition) is 3. The van der Waals surface area contributed by atoms with Crippen LogP contribution in [0.4, 0.5) is 0 Å². The summed E-state index contributed by atoms with van der Waals surface area (Å²) in [6.45, 7) is 3.41. The molecule has 1 aliphatic carbocycles. The molecule has 3 atom stereocenters.